The summed E-state index contributed by atoms with van der Waals surface area (Å²) in [4.78, 5) is 10.3. The van der Waals surface area contributed by atoms with Crippen molar-refractivity contribution in [3.8, 4) is 0 Å². The van der Waals surface area contributed by atoms with E-state index >= 15 is 0 Å². The molecule has 0 saturated carbocycles. The smallest absolute Gasteiger partial charge is 0.306 e. The zero-order valence-electron chi connectivity index (χ0n) is 9.37. The summed E-state index contributed by atoms with van der Waals surface area (Å²) >= 11 is 0. The number of carbonyl (C=O) groups is 1. The topological polar surface area (TPSA) is 69.6 Å². The average molecular weight is 203 g/mol. The minimum atomic E-state index is -0.970. The van der Waals surface area contributed by atoms with Crippen molar-refractivity contribution in [2.45, 2.75) is 46.3 Å². The number of carboxylic acid groups (broad SMARTS) is 1. The quantitative estimate of drug-likeness (QED) is 0.619. The van der Waals surface area contributed by atoms with Gasteiger partial charge in [-0.05, 0) is 12.3 Å². The molecule has 0 heterocycles. The second kappa shape index (κ2) is 5.32. The summed E-state index contributed by atoms with van der Waals surface area (Å²) in [6, 6.07) is 0.242. The van der Waals surface area contributed by atoms with Gasteiger partial charge in [0.1, 0.15) is 0 Å². The Morgan fingerprint density at radius 1 is 1.43 bits per heavy atom. The van der Waals surface area contributed by atoms with E-state index in [1.165, 1.54) is 0 Å². The van der Waals surface area contributed by atoms with Crippen molar-refractivity contribution in [1.29, 1.82) is 0 Å². The molecule has 84 valence electrons. The van der Waals surface area contributed by atoms with Gasteiger partial charge in [-0.1, -0.05) is 20.8 Å². The van der Waals surface area contributed by atoms with Crippen molar-refractivity contribution in [2.24, 2.45) is 5.41 Å². The number of hydrogen-bond donors (Lipinski definition) is 3. The van der Waals surface area contributed by atoms with Gasteiger partial charge in [0.25, 0.3) is 0 Å². The summed E-state index contributed by atoms with van der Waals surface area (Å²) in [6.07, 6.45) is -1.01. The number of nitrogens with one attached hydrogen (secondary N) is 1. The molecule has 0 bridgehead atoms. The van der Waals surface area contributed by atoms with Crippen LogP contribution in [-0.2, 0) is 4.79 Å². The van der Waals surface area contributed by atoms with Crippen LogP contribution in [0.25, 0.3) is 0 Å². The first kappa shape index (κ1) is 13.4. The molecule has 0 aromatic heterocycles. The number of aliphatic carboxylic acids is 1. The monoisotopic (exact) mass is 203 g/mol. The summed E-state index contributed by atoms with van der Waals surface area (Å²) in [7, 11) is 0. The second-order valence-electron chi connectivity index (χ2n) is 4.75. The van der Waals surface area contributed by atoms with Crippen LogP contribution in [-0.4, -0.2) is 34.9 Å². The first-order valence-electron chi connectivity index (χ1n) is 4.86. The lowest BCUT2D eigenvalue weighted by Gasteiger charge is -2.29. The summed E-state index contributed by atoms with van der Waals surface area (Å²) in [6.45, 7) is 8.62. The minimum absolute atomic E-state index is 0.114. The fourth-order valence-corrected chi connectivity index (χ4v) is 0.893. The Hall–Kier alpha value is -0.610. The van der Waals surface area contributed by atoms with Gasteiger partial charge >= 0.3 is 5.97 Å². The van der Waals surface area contributed by atoms with E-state index < -0.39 is 12.1 Å². The van der Waals surface area contributed by atoms with E-state index in [0.29, 0.717) is 6.54 Å². The number of aliphatic hydroxyl groups is 1. The van der Waals surface area contributed by atoms with Crippen molar-refractivity contribution >= 4 is 5.97 Å². The largest absolute Gasteiger partial charge is 0.481 e. The van der Waals surface area contributed by atoms with Gasteiger partial charge in [0, 0.05) is 12.6 Å². The lowest BCUT2D eigenvalue weighted by atomic mass is 9.88. The molecule has 0 aliphatic rings. The Labute approximate surface area is 85.3 Å². The van der Waals surface area contributed by atoms with Crippen LogP contribution in [0.2, 0.25) is 0 Å². The Morgan fingerprint density at radius 3 is 2.29 bits per heavy atom. The first-order valence-corrected chi connectivity index (χ1v) is 4.86. The molecule has 0 radical (unpaired) electrons. The van der Waals surface area contributed by atoms with Gasteiger partial charge in [-0.2, -0.15) is 0 Å². The van der Waals surface area contributed by atoms with Crippen molar-refractivity contribution in [3.63, 3.8) is 0 Å². The van der Waals surface area contributed by atoms with Gasteiger partial charge in [0.2, 0.25) is 0 Å². The van der Waals surface area contributed by atoms with Crippen LogP contribution in [0.4, 0.5) is 0 Å². The van der Waals surface area contributed by atoms with Crippen molar-refractivity contribution in [1.82, 2.24) is 5.32 Å². The summed E-state index contributed by atoms with van der Waals surface area (Å²) in [5, 5.41) is 20.8. The molecular formula is C10H21NO3. The second-order valence-corrected chi connectivity index (χ2v) is 4.75. The molecule has 0 amide bonds. The Balaban J connectivity index is 3.77. The zero-order valence-corrected chi connectivity index (χ0v) is 9.37. The summed E-state index contributed by atoms with van der Waals surface area (Å²) in [5.41, 5.74) is 0.114. The third-order valence-corrected chi connectivity index (χ3v) is 2.37. The standard InChI is InChI=1S/C10H21NO3/c1-7(10(2,3)4)11-6-8(12)5-9(13)14/h7-8,11-12H,5-6H2,1-4H3,(H,13,14). The fourth-order valence-electron chi connectivity index (χ4n) is 0.893. The predicted molar refractivity (Wildman–Crippen MR) is 55.2 cm³/mol. The molecule has 14 heavy (non-hydrogen) atoms. The van der Waals surface area contributed by atoms with E-state index in [2.05, 4.69) is 26.1 Å². The van der Waals surface area contributed by atoms with Gasteiger partial charge < -0.3 is 15.5 Å². The van der Waals surface area contributed by atoms with Crippen LogP contribution in [0.3, 0.4) is 0 Å². The molecule has 0 saturated heterocycles. The van der Waals surface area contributed by atoms with Crippen LogP contribution in [0, 0.1) is 5.41 Å². The van der Waals surface area contributed by atoms with E-state index in [9.17, 15) is 9.90 Å². The lowest BCUT2D eigenvalue weighted by molar-refractivity contribution is -0.139. The van der Waals surface area contributed by atoms with E-state index in [4.69, 9.17) is 5.11 Å². The van der Waals surface area contributed by atoms with Crippen molar-refractivity contribution in [2.75, 3.05) is 6.54 Å². The van der Waals surface area contributed by atoms with E-state index in [1.807, 2.05) is 6.92 Å². The van der Waals surface area contributed by atoms with Crippen LogP contribution >= 0.6 is 0 Å². The molecule has 4 heteroatoms. The van der Waals surface area contributed by atoms with Gasteiger partial charge in [0.05, 0.1) is 12.5 Å². The molecule has 3 N–H and O–H groups in total. The highest BCUT2D eigenvalue weighted by Gasteiger charge is 2.20. The maximum atomic E-state index is 10.3. The molecule has 0 rings (SSSR count). The number of aliphatic hydroxyl groups excluding tert-OH is 1. The zero-order chi connectivity index (χ0) is 11.4. The summed E-state index contributed by atoms with van der Waals surface area (Å²) in [5.74, 6) is -0.970. The fraction of sp³-hybridized carbons (Fsp3) is 0.900. The van der Waals surface area contributed by atoms with Crippen molar-refractivity contribution < 1.29 is 15.0 Å². The van der Waals surface area contributed by atoms with E-state index in [0.717, 1.165) is 0 Å². The Bertz CT molecular complexity index is 186. The van der Waals surface area contributed by atoms with Crippen molar-refractivity contribution in [3.05, 3.63) is 0 Å². The maximum absolute atomic E-state index is 10.3. The van der Waals surface area contributed by atoms with Gasteiger partial charge in [-0.25, -0.2) is 0 Å². The molecule has 0 spiro atoms. The maximum Gasteiger partial charge on any atom is 0.306 e. The highest BCUT2D eigenvalue weighted by molar-refractivity contribution is 5.67. The molecule has 0 aliphatic heterocycles. The molecule has 0 aromatic rings. The minimum Gasteiger partial charge on any atom is -0.481 e. The third-order valence-electron chi connectivity index (χ3n) is 2.37. The predicted octanol–water partition coefficient (Wildman–Crippen LogP) is 0.846. The first-order chi connectivity index (χ1) is 6.23. The van der Waals surface area contributed by atoms with E-state index in [-0.39, 0.29) is 17.9 Å². The SMILES string of the molecule is CC(NCC(O)CC(=O)O)C(C)(C)C. The highest BCUT2D eigenvalue weighted by Crippen LogP contribution is 2.18. The van der Waals surface area contributed by atoms with Gasteiger partial charge in [0.15, 0.2) is 0 Å². The molecular weight excluding hydrogens is 182 g/mol. The van der Waals surface area contributed by atoms with Gasteiger partial charge in [-0.15, -0.1) is 0 Å². The molecule has 4 nitrogen and oxygen atoms in total. The van der Waals surface area contributed by atoms with Crippen LogP contribution in [0.5, 0.6) is 0 Å². The molecule has 0 aromatic carbocycles. The normalized spacial score (nSPS) is 16.4. The third kappa shape index (κ3) is 5.94. The number of rotatable bonds is 5. The van der Waals surface area contributed by atoms with Crippen LogP contribution in [0.15, 0.2) is 0 Å². The average Bonchev–Trinajstić information content (AvgIpc) is 1.96. The lowest BCUT2D eigenvalue weighted by Crippen LogP contribution is -2.41. The molecule has 2 atom stereocenters. The van der Waals surface area contributed by atoms with Crippen LogP contribution in [0.1, 0.15) is 34.1 Å². The summed E-state index contributed by atoms with van der Waals surface area (Å²) < 4.78 is 0. The van der Waals surface area contributed by atoms with Crippen LogP contribution < -0.4 is 5.32 Å². The number of carboxylic acids is 1. The highest BCUT2D eigenvalue weighted by atomic mass is 16.4. The van der Waals surface area contributed by atoms with E-state index in [1.54, 1.807) is 0 Å². The Morgan fingerprint density at radius 2 is 1.93 bits per heavy atom. The molecule has 2 unspecified atom stereocenters. The molecule has 0 fully saturated rings. The number of hydrogen-bond acceptors (Lipinski definition) is 3. The Kier molecular flexibility index (Phi) is 5.08. The van der Waals surface area contributed by atoms with Gasteiger partial charge in [-0.3, -0.25) is 4.79 Å². The molecule has 0 aliphatic carbocycles.